The maximum absolute atomic E-state index is 6.42. The lowest BCUT2D eigenvalue weighted by molar-refractivity contribution is 0.528. The van der Waals surface area contributed by atoms with E-state index in [1.54, 1.807) is 6.20 Å². The van der Waals surface area contributed by atoms with Crippen molar-refractivity contribution in [1.29, 1.82) is 0 Å². The van der Waals surface area contributed by atoms with Gasteiger partial charge in [0.1, 0.15) is 0 Å². The Morgan fingerprint density at radius 1 is 1.29 bits per heavy atom. The van der Waals surface area contributed by atoms with Crippen LogP contribution in [0, 0.1) is 13.8 Å². The summed E-state index contributed by atoms with van der Waals surface area (Å²) in [5.74, 6) is 0. The number of aryl methyl sites for hydroxylation is 2. The highest BCUT2D eigenvalue weighted by molar-refractivity contribution is 6.31. The molecule has 1 N–H and O–H groups in total. The SMILES string of the molecule is CCCNC(c1cccc(C)c1C)c1c(Cl)cnn1CC. The summed E-state index contributed by atoms with van der Waals surface area (Å²) >= 11 is 6.42. The number of rotatable bonds is 6. The molecule has 1 heterocycles. The van der Waals surface area contributed by atoms with E-state index in [0.29, 0.717) is 0 Å². The molecule has 0 bridgehead atoms. The Morgan fingerprint density at radius 2 is 2.05 bits per heavy atom. The Bertz CT molecular complexity index is 604. The predicted octanol–water partition coefficient (Wildman–Crippen LogP) is 4.26. The molecule has 2 aromatic rings. The minimum Gasteiger partial charge on any atom is -0.305 e. The van der Waals surface area contributed by atoms with Crippen LogP contribution in [0.25, 0.3) is 0 Å². The Hall–Kier alpha value is -1.32. The van der Waals surface area contributed by atoms with Crippen LogP contribution in [0.2, 0.25) is 5.02 Å². The molecule has 21 heavy (non-hydrogen) atoms. The van der Waals surface area contributed by atoms with Crippen LogP contribution in [-0.4, -0.2) is 16.3 Å². The average Bonchev–Trinajstić information content (AvgIpc) is 2.85. The monoisotopic (exact) mass is 305 g/mol. The highest BCUT2D eigenvalue weighted by Crippen LogP contribution is 2.31. The van der Waals surface area contributed by atoms with Crippen molar-refractivity contribution < 1.29 is 0 Å². The van der Waals surface area contributed by atoms with Gasteiger partial charge in [0.2, 0.25) is 0 Å². The van der Waals surface area contributed by atoms with E-state index in [-0.39, 0.29) is 6.04 Å². The molecule has 0 fully saturated rings. The quantitative estimate of drug-likeness (QED) is 0.864. The molecule has 0 saturated heterocycles. The molecule has 0 amide bonds. The zero-order chi connectivity index (χ0) is 15.4. The number of nitrogens with zero attached hydrogens (tertiary/aromatic N) is 2. The van der Waals surface area contributed by atoms with Crippen LogP contribution in [0.5, 0.6) is 0 Å². The van der Waals surface area contributed by atoms with Crippen LogP contribution in [-0.2, 0) is 6.54 Å². The highest BCUT2D eigenvalue weighted by Gasteiger charge is 2.23. The summed E-state index contributed by atoms with van der Waals surface area (Å²) in [6, 6.07) is 6.52. The van der Waals surface area contributed by atoms with Gasteiger partial charge in [-0.2, -0.15) is 5.10 Å². The van der Waals surface area contributed by atoms with E-state index >= 15 is 0 Å². The molecule has 3 nitrogen and oxygen atoms in total. The lowest BCUT2D eigenvalue weighted by Gasteiger charge is -2.23. The van der Waals surface area contributed by atoms with Gasteiger partial charge < -0.3 is 5.32 Å². The van der Waals surface area contributed by atoms with Gasteiger partial charge in [-0.3, -0.25) is 4.68 Å². The molecule has 114 valence electrons. The number of halogens is 1. The Labute approximate surface area is 132 Å². The van der Waals surface area contributed by atoms with E-state index in [4.69, 9.17) is 11.6 Å². The van der Waals surface area contributed by atoms with Gasteiger partial charge in [0, 0.05) is 6.54 Å². The standard InChI is InChI=1S/C17H24ClN3/c1-5-10-19-16(14-9-7-8-12(3)13(14)4)17-15(18)11-20-21(17)6-2/h7-9,11,16,19H,5-6,10H2,1-4H3. The zero-order valence-corrected chi connectivity index (χ0v) is 14.0. The van der Waals surface area contributed by atoms with Crippen LogP contribution < -0.4 is 5.32 Å². The molecule has 1 atom stereocenters. The molecule has 4 heteroatoms. The van der Waals surface area contributed by atoms with Crippen molar-refractivity contribution in [2.75, 3.05) is 6.54 Å². The van der Waals surface area contributed by atoms with Crippen molar-refractivity contribution in [3.63, 3.8) is 0 Å². The lowest BCUT2D eigenvalue weighted by Crippen LogP contribution is -2.27. The first-order chi connectivity index (χ1) is 10.1. The van der Waals surface area contributed by atoms with Gasteiger partial charge in [-0.25, -0.2) is 0 Å². The molecule has 0 saturated carbocycles. The van der Waals surface area contributed by atoms with Crippen molar-refractivity contribution in [3.8, 4) is 0 Å². The van der Waals surface area contributed by atoms with E-state index in [1.165, 1.54) is 16.7 Å². The Morgan fingerprint density at radius 3 is 2.71 bits per heavy atom. The summed E-state index contributed by atoms with van der Waals surface area (Å²) in [7, 11) is 0. The van der Waals surface area contributed by atoms with Crippen LogP contribution in [0.4, 0.5) is 0 Å². The van der Waals surface area contributed by atoms with Gasteiger partial charge >= 0.3 is 0 Å². The predicted molar refractivity (Wildman–Crippen MR) is 89.0 cm³/mol. The van der Waals surface area contributed by atoms with Gasteiger partial charge in [-0.15, -0.1) is 0 Å². The van der Waals surface area contributed by atoms with Gasteiger partial charge in [0.05, 0.1) is 23.0 Å². The van der Waals surface area contributed by atoms with Crippen LogP contribution >= 0.6 is 11.6 Å². The zero-order valence-electron chi connectivity index (χ0n) is 13.3. The third kappa shape index (κ3) is 3.30. The van der Waals surface area contributed by atoms with E-state index in [9.17, 15) is 0 Å². The smallest absolute Gasteiger partial charge is 0.0837 e. The number of hydrogen-bond acceptors (Lipinski definition) is 2. The van der Waals surface area contributed by atoms with Crippen molar-refractivity contribution in [2.24, 2.45) is 0 Å². The van der Waals surface area contributed by atoms with E-state index in [0.717, 1.165) is 30.2 Å². The lowest BCUT2D eigenvalue weighted by atomic mass is 9.95. The van der Waals surface area contributed by atoms with Crippen molar-refractivity contribution in [1.82, 2.24) is 15.1 Å². The van der Waals surface area contributed by atoms with Gasteiger partial charge in [0.15, 0.2) is 0 Å². The minimum absolute atomic E-state index is 0.0831. The van der Waals surface area contributed by atoms with Crippen molar-refractivity contribution in [3.05, 3.63) is 51.8 Å². The maximum atomic E-state index is 6.42. The third-order valence-corrected chi connectivity index (χ3v) is 4.25. The Kier molecular flexibility index (Phi) is 5.43. The summed E-state index contributed by atoms with van der Waals surface area (Å²) in [5, 5.41) is 8.74. The molecule has 0 aliphatic heterocycles. The third-order valence-electron chi connectivity index (χ3n) is 3.96. The van der Waals surface area contributed by atoms with Crippen LogP contribution in [0.3, 0.4) is 0 Å². The molecule has 0 aliphatic rings. The number of nitrogens with one attached hydrogen (secondary N) is 1. The molecule has 0 radical (unpaired) electrons. The summed E-state index contributed by atoms with van der Waals surface area (Å²) in [4.78, 5) is 0. The second-order valence-corrected chi connectivity index (χ2v) is 5.78. The fourth-order valence-electron chi connectivity index (χ4n) is 2.64. The number of benzene rings is 1. The molecule has 1 aromatic heterocycles. The van der Waals surface area contributed by atoms with Crippen LogP contribution in [0.1, 0.15) is 48.7 Å². The van der Waals surface area contributed by atoms with Gasteiger partial charge in [-0.05, 0) is 50.4 Å². The number of hydrogen-bond donors (Lipinski definition) is 1. The van der Waals surface area contributed by atoms with Gasteiger partial charge in [0.25, 0.3) is 0 Å². The molecule has 0 aliphatic carbocycles. The summed E-state index contributed by atoms with van der Waals surface area (Å²) in [5.41, 5.74) is 4.95. The molecule has 2 rings (SSSR count). The second kappa shape index (κ2) is 7.10. The van der Waals surface area contributed by atoms with E-state index in [2.05, 4.69) is 56.3 Å². The number of aromatic nitrogens is 2. The van der Waals surface area contributed by atoms with E-state index in [1.807, 2.05) is 4.68 Å². The molecule has 0 spiro atoms. The highest BCUT2D eigenvalue weighted by atomic mass is 35.5. The largest absolute Gasteiger partial charge is 0.305 e. The molecule has 1 unspecified atom stereocenters. The Balaban J connectivity index is 2.52. The van der Waals surface area contributed by atoms with Crippen molar-refractivity contribution in [2.45, 2.75) is 46.7 Å². The summed E-state index contributed by atoms with van der Waals surface area (Å²) in [6.45, 7) is 10.3. The first kappa shape index (κ1) is 16.1. The summed E-state index contributed by atoms with van der Waals surface area (Å²) in [6.07, 6.45) is 2.82. The van der Waals surface area contributed by atoms with E-state index < -0.39 is 0 Å². The normalized spacial score (nSPS) is 12.6. The summed E-state index contributed by atoms with van der Waals surface area (Å²) < 4.78 is 1.98. The topological polar surface area (TPSA) is 29.9 Å². The first-order valence-corrected chi connectivity index (χ1v) is 7.98. The second-order valence-electron chi connectivity index (χ2n) is 5.37. The van der Waals surface area contributed by atoms with Crippen molar-refractivity contribution >= 4 is 11.6 Å². The fourth-order valence-corrected chi connectivity index (χ4v) is 2.89. The molecular formula is C17H24ClN3. The minimum atomic E-state index is 0.0831. The average molecular weight is 306 g/mol. The first-order valence-electron chi connectivity index (χ1n) is 7.60. The molecule has 1 aromatic carbocycles. The van der Waals surface area contributed by atoms with Crippen LogP contribution in [0.15, 0.2) is 24.4 Å². The molecular weight excluding hydrogens is 282 g/mol. The fraction of sp³-hybridized carbons (Fsp3) is 0.471. The van der Waals surface area contributed by atoms with Gasteiger partial charge in [-0.1, -0.05) is 36.7 Å². The maximum Gasteiger partial charge on any atom is 0.0837 e.